The number of amides is 1. The minimum Gasteiger partial charge on any atom is -0.494 e. The molecule has 1 N–H and O–H groups in total. The molecule has 0 spiro atoms. The Labute approximate surface area is 228 Å². The first-order chi connectivity index (χ1) is 19.1. The Morgan fingerprint density at radius 3 is 2.72 bits per heavy atom. The van der Waals surface area contributed by atoms with E-state index in [0.717, 1.165) is 54.7 Å². The summed E-state index contributed by atoms with van der Waals surface area (Å²) in [7, 11) is 0. The van der Waals surface area contributed by atoms with Crippen molar-refractivity contribution >= 4 is 11.7 Å². The van der Waals surface area contributed by atoms with Gasteiger partial charge in [-0.15, -0.1) is 0 Å². The number of carbonyl (C=O) groups excluding carboxylic acids is 1. The minimum atomic E-state index is -0.0623. The van der Waals surface area contributed by atoms with Crippen LogP contribution >= 0.6 is 0 Å². The highest BCUT2D eigenvalue weighted by Gasteiger charge is 2.30. The van der Waals surface area contributed by atoms with Gasteiger partial charge in [-0.25, -0.2) is 9.97 Å². The Morgan fingerprint density at radius 2 is 1.97 bits per heavy atom. The van der Waals surface area contributed by atoms with Crippen LogP contribution in [-0.4, -0.2) is 67.6 Å². The molecule has 4 heterocycles. The summed E-state index contributed by atoms with van der Waals surface area (Å²) in [6.45, 7) is 8.04. The molecule has 0 aliphatic carbocycles. The van der Waals surface area contributed by atoms with Crippen LogP contribution in [0, 0.1) is 6.92 Å². The van der Waals surface area contributed by atoms with E-state index in [2.05, 4.69) is 30.1 Å². The first-order valence-electron chi connectivity index (χ1n) is 13.3. The van der Waals surface area contributed by atoms with Gasteiger partial charge in [0.1, 0.15) is 17.9 Å². The summed E-state index contributed by atoms with van der Waals surface area (Å²) in [4.78, 5) is 35.8. The molecular weight excluding hydrogens is 492 g/mol. The second-order valence-electron chi connectivity index (χ2n) is 9.60. The molecule has 1 aromatic carbocycles. The van der Waals surface area contributed by atoms with Crippen LogP contribution in [0.2, 0.25) is 0 Å². The van der Waals surface area contributed by atoms with Gasteiger partial charge in [0.05, 0.1) is 18.3 Å². The largest absolute Gasteiger partial charge is 0.494 e. The van der Waals surface area contributed by atoms with Crippen molar-refractivity contribution in [2.75, 3.05) is 31.1 Å². The first kappa shape index (κ1) is 26.3. The SMILES string of the molecule is CCOc1ccc(CNC(=O)CC2CN(Cc3ccccn3)CCN2c2cc(C)nc(-n3ccnc3)n2)cc1. The van der Waals surface area contributed by atoms with Gasteiger partial charge in [0.2, 0.25) is 11.9 Å². The van der Waals surface area contributed by atoms with Crippen LogP contribution in [-0.2, 0) is 17.9 Å². The number of aromatic nitrogens is 5. The second-order valence-corrected chi connectivity index (χ2v) is 9.60. The van der Waals surface area contributed by atoms with Gasteiger partial charge in [-0.05, 0) is 43.7 Å². The van der Waals surface area contributed by atoms with Gasteiger partial charge in [-0.1, -0.05) is 18.2 Å². The van der Waals surface area contributed by atoms with Crippen molar-refractivity contribution in [1.82, 2.24) is 34.7 Å². The van der Waals surface area contributed by atoms with E-state index in [4.69, 9.17) is 9.72 Å². The molecule has 1 amide bonds. The summed E-state index contributed by atoms with van der Waals surface area (Å²) in [5.74, 6) is 2.21. The number of carbonyl (C=O) groups is 1. The van der Waals surface area contributed by atoms with Crippen LogP contribution in [0.3, 0.4) is 0 Å². The fourth-order valence-corrected chi connectivity index (χ4v) is 4.79. The Kier molecular flexibility index (Phi) is 8.42. The van der Waals surface area contributed by atoms with E-state index in [-0.39, 0.29) is 11.9 Å². The Hall–Kier alpha value is -4.31. The molecule has 0 bridgehead atoms. The van der Waals surface area contributed by atoms with E-state index in [1.54, 1.807) is 17.1 Å². The Balaban J connectivity index is 1.31. The molecule has 10 nitrogen and oxygen atoms in total. The number of piperazine rings is 1. The molecule has 1 aliphatic heterocycles. The zero-order chi connectivity index (χ0) is 27.0. The highest BCUT2D eigenvalue weighted by atomic mass is 16.5. The third kappa shape index (κ3) is 6.97. The predicted octanol–water partition coefficient (Wildman–Crippen LogP) is 3.16. The van der Waals surface area contributed by atoms with Crippen LogP contribution in [0.1, 0.15) is 30.3 Å². The smallest absolute Gasteiger partial charge is 0.237 e. The number of nitrogens with one attached hydrogen (secondary N) is 1. The maximum absolute atomic E-state index is 13.2. The number of rotatable bonds is 10. The summed E-state index contributed by atoms with van der Waals surface area (Å²) >= 11 is 0. The number of imidazole rings is 1. The lowest BCUT2D eigenvalue weighted by Crippen LogP contribution is -2.54. The van der Waals surface area contributed by atoms with Gasteiger partial charge in [0.15, 0.2) is 0 Å². The summed E-state index contributed by atoms with van der Waals surface area (Å²) in [5, 5.41) is 3.10. The van der Waals surface area contributed by atoms with Crippen LogP contribution in [0.15, 0.2) is 73.4 Å². The van der Waals surface area contributed by atoms with Gasteiger partial charge in [0.25, 0.3) is 0 Å². The Bertz CT molecular complexity index is 1350. The lowest BCUT2D eigenvalue weighted by molar-refractivity contribution is -0.121. The van der Waals surface area contributed by atoms with E-state index >= 15 is 0 Å². The molecule has 1 aliphatic rings. The van der Waals surface area contributed by atoms with Crippen LogP contribution in [0.5, 0.6) is 5.75 Å². The standard InChI is InChI=1S/C29H34N8O2/c1-3-39-26-9-7-23(8-10-26)18-32-28(38)17-25-20-35(19-24-6-4-5-11-31-24)14-15-37(25)27-16-22(2)33-29(34-27)36-13-12-30-21-36/h4-13,16,21,25H,3,14-15,17-20H2,1-2H3,(H,32,38). The number of hydrogen-bond acceptors (Lipinski definition) is 8. The van der Waals surface area contributed by atoms with Crippen LogP contribution < -0.4 is 15.0 Å². The number of ether oxygens (including phenoxy) is 1. The average Bonchev–Trinajstić information content (AvgIpc) is 3.49. The third-order valence-corrected chi connectivity index (χ3v) is 6.68. The Morgan fingerprint density at radius 1 is 1.10 bits per heavy atom. The normalized spacial score (nSPS) is 15.7. The summed E-state index contributed by atoms with van der Waals surface area (Å²) in [5.41, 5.74) is 2.91. The van der Waals surface area contributed by atoms with Crippen molar-refractivity contribution in [3.05, 3.63) is 90.4 Å². The molecule has 3 aromatic heterocycles. The lowest BCUT2D eigenvalue weighted by atomic mass is 10.1. The fraction of sp³-hybridized carbons (Fsp3) is 0.345. The van der Waals surface area contributed by atoms with Crippen molar-refractivity contribution in [3.8, 4) is 11.7 Å². The highest BCUT2D eigenvalue weighted by molar-refractivity contribution is 5.77. The number of benzene rings is 1. The molecule has 0 saturated carbocycles. The minimum absolute atomic E-state index is 0.000757. The number of hydrogen-bond donors (Lipinski definition) is 1. The second kappa shape index (κ2) is 12.5. The molecule has 5 rings (SSSR count). The number of aryl methyl sites for hydroxylation is 1. The van der Waals surface area contributed by atoms with Gasteiger partial charge in [-0.3, -0.25) is 19.2 Å². The van der Waals surface area contributed by atoms with Gasteiger partial charge < -0.3 is 15.0 Å². The molecule has 39 heavy (non-hydrogen) atoms. The lowest BCUT2D eigenvalue weighted by Gasteiger charge is -2.42. The molecule has 1 unspecified atom stereocenters. The van der Waals surface area contributed by atoms with Gasteiger partial charge in [0, 0.05) is 69.5 Å². The van der Waals surface area contributed by atoms with E-state index in [1.165, 1.54) is 0 Å². The summed E-state index contributed by atoms with van der Waals surface area (Å²) in [6, 6.07) is 15.7. The van der Waals surface area contributed by atoms with Crippen LogP contribution in [0.4, 0.5) is 5.82 Å². The van der Waals surface area contributed by atoms with Crippen molar-refractivity contribution < 1.29 is 9.53 Å². The van der Waals surface area contributed by atoms with Crippen molar-refractivity contribution in [2.45, 2.75) is 39.4 Å². The first-order valence-corrected chi connectivity index (χ1v) is 13.3. The van der Waals surface area contributed by atoms with E-state index in [1.807, 2.05) is 74.8 Å². The summed E-state index contributed by atoms with van der Waals surface area (Å²) in [6.07, 6.45) is 7.39. The quantitative estimate of drug-likeness (QED) is 0.336. The van der Waals surface area contributed by atoms with Crippen LogP contribution in [0.25, 0.3) is 5.95 Å². The predicted molar refractivity (Wildman–Crippen MR) is 149 cm³/mol. The molecular formula is C29H34N8O2. The zero-order valence-electron chi connectivity index (χ0n) is 22.4. The molecule has 1 saturated heterocycles. The molecule has 1 fully saturated rings. The van der Waals surface area contributed by atoms with E-state index < -0.39 is 0 Å². The fourth-order valence-electron chi connectivity index (χ4n) is 4.79. The molecule has 202 valence electrons. The topological polar surface area (TPSA) is 101 Å². The van der Waals surface area contributed by atoms with Gasteiger partial charge in [-0.2, -0.15) is 4.98 Å². The van der Waals surface area contributed by atoms with Gasteiger partial charge >= 0.3 is 0 Å². The molecule has 4 aromatic rings. The maximum atomic E-state index is 13.2. The number of nitrogens with zero attached hydrogens (tertiary/aromatic N) is 7. The van der Waals surface area contributed by atoms with Crippen molar-refractivity contribution in [2.24, 2.45) is 0 Å². The van der Waals surface area contributed by atoms with E-state index in [9.17, 15) is 4.79 Å². The van der Waals surface area contributed by atoms with Crippen molar-refractivity contribution in [3.63, 3.8) is 0 Å². The van der Waals surface area contributed by atoms with E-state index in [0.29, 0.717) is 25.5 Å². The highest BCUT2D eigenvalue weighted by Crippen LogP contribution is 2.23. The molecule has 1 atom stereocenters. The molecule has 10 heteroatoms. The van der Waals surface area contributed by atoms with Crippen molar-refractivity contribution in [1.29, 1.82) is 0 Å². The average molecular weight is 527 g/mol. The third-order valence-electron chi connectivity index (χ3n) is 6.68. The number of pyridine rings is 1. The summed E-state index contributed by atoms with van der Waals surface area (Å²) < 4.78 is 7.31. The molecule has 0 radical (unpaired) electrons. The zero-order valence-corrected chi connectivity index (χ0v) is 22.4. The maximum Gasteiger partial charge on any atom is 0.237 e. The monoisotopic (exact) mass is 526 g/mol. The number of anilines is 1.